The zero-order chi connectivity index (χ0) is 14.1. The molecule has 6 nitrogen and oxygen atoms in total. The van der Waals surface area contributed by atoms with Gasteiger partial charge in [-0.2, -0.15) is 0 Å². The van der Waals surface area contributed by atoms with Crippen LogP contribution in [-0.2, 0) is 4.74 Å². The summed E-state index contributed by atoms with van der Waals surface area (Å²) in [7, 11) is 0. The van der Waals surface area contributed by atoms with Gasteiger partial charge in [-0.3, -0.25) is 0 Å². The van der Waals surface area contributed by atoms with Crippen molar-refractivity contribution in [1.29, 1.82) is 0 Å². The van der Waals surface area contributed by atoms with Crippen LogP contribution in [0.5, 0.6) is 0 Å². The van der Waals surface area contributed by atoms with Crippen LogP contribution in [0, 0.1) is 11.6 Å². The first kappa shape index (κ1) is 12.9. The molecule has 1 aliphatic heterocycles. The molecule has 2 heterocycles. The van der Waals surface area contributed by atoms with E-state index in [1.165, 1.54) is 0 Å². The molecule has 1 saturated heterocycles. The van der Waals surface area contributed by atoms with Gasteiger partial charge in [0.15, 0.2) is 17.5 Å². The van der Waals surface area contributed by atoms with Crippen LogP contribution < -0.4 is 5.73 Å². The van der Waals surface area contributed by atoms with Gasteiger partial charge in [0.25, 0.3) is 0 Å². The maximum atomic E-state index is 13.4. The first-order chi connectivity index (χ1) is 9.66. The van der Waals surface area contributed by atoms with Crippen LogP contribution in [0.2, 0.25) is 0 Å². The summed E-state index contributed by atoms with van der Waals surface area (Å²) in [6.45, 7) is 1.20. The van der Waals surface area contributed by atoms with Gasteiger partial charge in [-0.1, -0.05) is 0 Å². The molecule has 1 aromatic heterocycles. The first-order valence-corrected chi connectivity index (χ1v) is 6.27. The number of halogens is 2. The van der Waals surface area contributed by atoms with E-state index in [-0.39, 0.29) is 17.3 Å². The largest absolute Gasteiger partial charge is 0.398 e. The Balaban J connectivity index is 2.03. The SMILES string of the molecule is Nc1cc(F)c(F)cc1-c1nnnn1C1CCCOC1. The highest BCUT2D eigenvalue weighted by molar-refractivity contribution is 5.71. The third kappa shape index (κ3) is 2.22. The Morgan fingerprint density at radius 3 is 2.85 bits per heavy atom. The van der Waals surface area contributed by atoms with E-state index in [1.807, 2.05) is 0 Å². The second-order valence-electron chi connectivity index (χ2n) is 4.67. The molecular weight excluding hydrogens is 268 g/mol. The fourth-order valence-electron chi connectivity index (χ4n) is 2.29. The number of anilines is 1. The van der Waals surface area contributed by atoms with Gasteiger partial charge in [-0.05, 0) is 29.3 Å². The molecule has 3 rings (SSSR count). The average Bonchev–Trinajstić information content (AvgIpc) is 2.93. The van der Waals surface area contributed by atoms with E-state index in [9.17, 15) is 8.78 Å². The normalized spacial score (nSPS) is 19.2. The highest BCUT2D eigenvalue weighted by atomic mass is 19.2. The molecule has 106 valence electrons. The Bertz CT molecular complexity index is 624. The number of rotatable bonds is 2. The molecule has 0 saturated carbocycles. The predicted octanol–water partition coefficient (Wildman–Crippen LogP) is 1.55. The average molecular weight is 281 g/mol. The summed E-state index contributed by atoms with van der Waals surface area (Å²) in [6.07, 6.45) is 1.76. The summed E-state index contributed by atoms with van der Waals surface area (Å²) >= 11 is 0. The minimum absolute atomic E-state index is 0.0266. The van der Waals surface area contributed by atoms with E-state index in [4.69, 9.17) is 10.5 Å². The lowest BCUT2D eigenvalue weighted by Crippen LogP contribution is -2.23. The Morgan fingerprint density at radius 2 is 2.10 bits per heavy atom. The number of hydrogen-bond donors (Lipinski definition) is 1. The van der Waals surface area contributed by atoms with Gasteiger partial charge in [0.05, 0.1) is 12.6 Å². The third-order valence-electron chi connectivity index (χ3n) is 3.31. The number of aromatic nitrogens is 4. The van der Waals surface area contributed by atoms with Crippen molar-refractivity contribution >= 4 is 5.69 Å². The van der Waals surface area contributed by atoms with Crippen LogP contribution in [-0.4, -0.2) is 33.4 Å². The van der Waals surface area contributed by atoms with Gasteiger partial charge in [0.2, 0.25) is 0 Å². The molecule has 8 heteroatoms. The number of benzene rings is 1. The molecule has 0 radical (unpaired) electrons. The van der Waals surface area contributed by atoms with E-state index >= 15 is 0 Å². The van der Waals surface area contributed by atoms with Crippen molar-refractivity contribution in [1.82, 2.24) is 20.2 Å². The second kappa shape index (κ2) is 5.12. The number of nitrogens with zero attached hydrogens (tertiary/aromatic N) is 4. The number of nitrogens with two attached hydrogens (primary N) is 1. The predicted molar refractivity (Wildman–Crippen MR) is 66.7 cm³/mol. The molecule has 1 aliphatic rings. The van der Waals surface area contributed by atoms with Crippen molar-refractivity contribution in [3.8, 4) is 11.4 Å². The highest BCUT2D eigenvalue weighted by Crippen LogP contribution is 2.29. The fraction of sp³-hybridized carbons (Fsp3) is 0.417. The first-order valence-electron chi connectivity index (χ1n) is 6.27. The van der Waals surface area contributed by atoms with E-state index in [0.717, 1.165) is 25.0 Å². The molecule has 20 heavy (non-hydrogen) atoms. The number of nitrogen functional groups attached to an aromatic ring is 1. The molecule has 0 aliphatic carbocycles. The zero-order valence-electron chi connectivity index (χ0n) is 10.6. The molecule has 0 amide bonds. The summed E-state index contributed by atoms with van der Waals surface area (Å²) in [5.41, 5.74) is 6.10. The number of ether oxygens (including phenoxy) is 1. The van der Waals surface area contributed by atoms with Crippen LogP contribution in [0.1, 0.15) is 18.9 Å². The van der Waals surface area contributed by atoms with Gasteiger partial charge in [-0.15, -0.1) is 5.10 Å². The summed E-state index contributed by atoms with van der Waals surface area (Å²) < 4.78 is 33.5. The lowest BCUT2D eigenvalue weighted by molar-refractivity contribution is 0.0548. The molecule has 2 N–H and O–H groups in total. The minimum atomic E-state index is -0.994. The maximum absolute atomic E-state index is 13.4. The van der Waals surface area contributed by atoms with E-state index in [1.54, 1.807) is 4.68 Å². The molecule has 2 aromatic rings. The van der Waals surface area contributed by atoms with Gasteiger partial charge < -0.3 is 10.5 Å². The number of hydrogen-bond acceptors (Lipinski definition) is 5. The summed E-state index contributed by atoms with van der Waals surface area (Å²) in [4.78, 5) is 0. The Morgan fingerprint density at radius 1 is 1.30 bits per heavy atom. The standard InChI is InChI=1S/C12H13F2N5O/c13-9-4-8(11(15)5-10(9)14)12-16-17-18-19(12)7-2-1-3-20-6-7/h4-5,7H,1-3,6,15H2. The van der Waals surface area contributed by atoms with Gasteiger partial charge in [-0.25, -0.2) is 13.5 Å². The van der Waals surface area contributed by atoms with Crippen molar-refractivity contribution in [3.63, 3.8) is 0 Å². The van der Waals surface area contributed by atoms with Crippen molar-refractivity contribution < 1.29 is 13.5 Å². The minimum Gasteiger partial charge on any atom is -0.398 e. The third-order valence-corrected chi connectivity index (χ3v) is 3.31. The highest BCUT2D eigenvalue weighted by Gasteiger charge is 2.23. The summed E-state index contributed by atoms with van der Waals surface area (Å²) in [6, 6.07) is 1.92. The van der Waals surface area contributed by atoms with E-state index < -0.39 is 11.6 Å². The zero-order valence-corrected chi connectivity index (χ0v) is 10.6. The molecule has 0 bridgehead atoms. The molecule has 1 atom stereocenters. The fourth-order valence-corrected chi connectivity index (χ4v) is 2.29. The van der Waals surface area contributed by atoms with Gasteiger partial charge in [0.1, 0.15) is 0 Å². The Hall–Kier alpha value is -2.09. The summed E-state index contributed by atoms with van der Waals surface area (Å²) in [5.74, 6) is -1.66. The second-order valence-corrected chi connectivity index (χ2v) is 4.67. The Kier molecular flexibility index (Phi) is 3.31. The van der Waals surface area contributed by atoms with Crippen molar-refractivity contribution in [2.45, 2.75) is 18.9 Å². The molecule has 1 aromatic carbocycles. The maximum Gasteiger partial charge on any atom is 0.184 e. The van der Waals surface area contributed by atoms with E-state index in [0.29, 0.717) is 19.0 Å². The summed E-state index contributed by atoms with van der Waals surface area (Å²) in [5, 5.41) is 11.4. The topological polar surface area (TPSA) is 78.9 Å². The lowest BCUT2D eigenvalue weighted by Gasteiger charge is -2.22. The van der Waals surface area contributed by atoms with Crippen molar-refractivity contribution in [2.75, 3.05) is 18.9 Å². The van der Waals surface area contributed by atoms with Crippen LogP contribution in [0.15, 0.2) is 12.1 Å². The van der Waals surface area contributed by atoms with Crippen molar-refractivity contribution in [3.05, 3.63) is 23.8 Å². The molecule has 0 spiro atoms. The van der Waals surface area contributed by atoms with Crippen LogP contribution >= 0.6 is 0 Å². The van der Waals surface area contributed by atoms with Crippen LogP contribution in [0.4, 0.5) is 14.5 Å². The van der Waals surface area contributed by atoms with Crippen LogP contribution in [0.25, 0.3) is 11.4 Å². The van der Waals surface area contributed by atoms with Crippen molar-refractivity contribution in [2.24, 2.45) is 0 Å². The monoisotopic (exact) mass is 281 g/mol. The quantitative estimate of drug-likeness (QED) is 0.845. The lowest BCUT2D eigenvalue weighted by atomic mass is 10.1. The molecule has 1 fully saturated rings. The van der Waals surface area contributed by atoms with Gasteiger partial charge in [0, 0.05) is 23.9 Å². The van der Waals surface area contributed by atoms with Gasteiger partial charge >= 0.3 is 0 Å². The smallest absolute Gasteiger partial charge is 0.184 e. The molecular formula is C12H13F2N5O. The Labute approximate surface area is 113 Å². The van der Waals surface area contributed by atoms with E-state index in [2.05, 4.69) is 15.5 Å². The molecule has 1 unspecified atom stereocenters. The number of tetrazole rings is 1. The van der Waals surface area contributed by atoms with Crippen LogP contribution in [0.3, 0.4) is 0 Å².